The molecule has 1 saturated heterocycles. The first-order valence-corrected chi connectivity index (χ1v) is 6.36. The maximum absolute atomic E-state index is 13.6. The smallest absolute Gasteiger partial charge is 0.285 e. The van der Waals surface area contributed by atoms with Crippen molar-refractivity contribution in [3.05, 3.63) is 33.6 Å². The third-order valence-electron chi connectivity index (χ3n) is 3.18. The number of hydrogen-bond acceptors (Lipinski definition) is 6. The van der Waals surface area contributed by atoms with E-state index in [9.17, 15) is 19.3 Å². The molecular weight excluding hydrogens is 283 g/mol. The molecule has 0 atom stereocenters. The molecule has 0 spiro atoms. The topological polar surface area (TPSA) is 111 Å². The number of amides is 1. The van der Waals surface area contributed by atoms with Gasteiger partial charge < -0.3 is 15.1 Å². The minimum absolute atomic E-state index is 0.171. The average molecular weight is 298 g/mol. The lowest BCUT2D eigenvalue weighted by molar-refractivity contribution is -0.385. The first-order chi connectivity index (χ1) is 10.0. The van der Waals surface area contributed by atoms with Gasteiger partial charge in [0.25, 0.3) is 11.6 Å². The predicted octanol–water partition coefficient (Wildman–Crippen LogP) is 0.882. The van der Waals surface area contributed by atoms with Gasteiger partial charge in [0.05, 0.1) is 23.3 Å². The van der Waals surface area contributed by atoms with Gasteiger partial charge >= 0.3 is 0 Å². The molecule has 0 saturated carbocycles. The average Bonchev–Trinajstić information content (AvgIpc) is 2.75. The van der Waals surface area contributed by atoms with Crippen molar-refractivity contribution < 1.29 is 18.8 Å². The van der Waals surface area contributed by atoms with Crippen LogP contribution >= 0.6 is 0 Å². The number of rotatable bonds is 3. The summed E-state index contributed by atoms with van der Waals surface area (Å²) in [6.45, 7) is 1.66. The summed E-state index contributed by atoms with van der Waals surface area (Å²) in [6, 6.07) is 1.75. The molecule has 0 radical (unpaired) electrons. The van der Waals surface area contributed by atoms with Crippen LogP contribution in [0.15, 0.2) is 12.1 Å². The van der Waals surface area contributed by atoms with Gasteiger partial charge in [0, 0.05) is 19.7 Å². The first kappa shape index (κ1) is 15.1. The molecule has 8 nitrogen and oxygen atoms in total. The molecule has 3 N–H and O–H groups in total. The molecule has 114 valence electrons. The summed E-state index contributed by atoms with van der Waals surface area (Å²) in [5.74, 6) is 3.72. The molecule has 1 aliphatic rings. The van der Waals surface area contributed by atoms with E-state index >= 15 is 0 Å². The van der Waals surface area contributed by atoms with Gasteiger partial charge in [0.15, 0.2) is 5.82 Å². The fourth-order valence-corrected chi connectivity index (χ4v) is 2.12. The van der Waals surface area contributed by atoms with E-state index in [4.69, 9.17) is 10.6 Å². The highest BCUT2D eigenvalue weighted by molar-refractivity contribution is 5.99. The SMILES string of the molecule is NNc1cc(C(=O)N2CCCOCC2)c([N+](=O)[O-])cc1F. The summed E-state index contributed by atoms with van der Waals surface area (Å²) in [5.41, 5.74) is 1.13. The van der Waals surface area contributed by atoms with Gasteiger partial charge in [0.1, 0.15) is 5.56 Å². The van der Waals surface area contributed by atoms with E-state index in [-0.39, 0.29) is 11.3 Å². The largest absolute Gasteiger partial charge is 0.380 e. The Bertz CT molecular complexity index is 558. The molecule has 0 aliphatic carbocycles. The molecule has 9 heteroatoms. The van der Waals surface area contributed by atoms with Crippen molar-refractivity contribution >= 4 is 17.3 Å². The van der Waals surface area contributed by atoms with Crippen LogP contribution in [-0.2, 0) is 4.74 Å². The summed E-state index contributed by atoms with van der Waals surface area (Å²) in [7, 11) is 0. The lowest BCUT2D eigenvalue weighted by Crippen LogP contribution is -2.33. The summed E-state index contributed by atoms with van der Waals surface area (Å²) in [4.78, 5) is 24.1. The number of nitrogens with one attached hydrogen (secondary N) is 1. The zero-order valence-corrected chi connectivity index (χ0v) is 11.2. The van der Waals surface area contributed by atoms with Crippen LogP contribution in [0.25, 0.3) is 0 Å². The number of nitro groups is 1. The van der Waals surface area contributed by atoms with Crippen LogP contribution in [0.5, 0.6) is 0 Å². The fraction of sp³-hybridized carbons (Fsp3) is 0.417. The van der Waals surface area contributed by atoms with Crippen molar-refractivity contribution in [1.29, 1.82) is 0 Å². The van der Waals surface area contributed by atoms with Crippen molar-refractivity contribution in [2.45, 2.75) is 6.42 Å². The Kier molecular flexibility index (Phi) is 4.66. The molecule has 0 bridgehead atoms. The number of halogens is 1. The minimum Gasteiger partial charge on any atom is -0.380 e. The highest BCUT2D eigenvalue weighted by atomic mass is 19.1. The molecule has 0 aromatic heterocycles. The number of nitrogen functional groups attached to an aromatic ring is 1. The van der Waals surface area contributed by atoms with E-state index in [1.807, 2.05) is 0 Å². The van der Waals surface area contributed by atoms with E-state index in [0.29, 0.717) is 38.8 Å². The maximum Gasteiger partial charge on any atom is 0.285 e. The number of nitrogens with two attached hydrogens (primary N) is 1. The Labute approximate surface area is 119 Å². The van der Waals surface area contributed by atoms with Crippen molar-refractivity contribution in [1.82, 2.24) is 4.90 Å². The number of carbonyl (C=O) groups is 1. The van der Waals surface area contributed by atoms with Gasteiger partial charge in [-0.3, -0.25) is 20.8 Å². The molecule has 0 unspecified atom stereocenters. The van der Waals surface area contributed by atoms with E-state index in [0.717, 1.165) is 6.07 Å². The Morgan fingerprint density at radius 1 is 1.43 bits per heavy atom. The Morgan fingerprint density at radius 2 is 2.19 bits per heavy atom. The summed E-state index contributed by atoms with van der Waals surface area (Å²) in [5, 5.41) is 11.0. The zero-order chi connectivity index (χ0) is 15.4. The van der Waals surface area contributed by atoms with Gasteiger partial charge in [-0.2, -0.15) is 0 Å². The summed E-state index contributed by atoms with van der Waals surface area (Å²) < 4.78 is 18.8. The van der Waals surface area contributed by atoms with E-state index in [2.05, 4.69) is 5.43 Å². The van der Waals surface area contributed by atoms with Crippen molar-refractivity contribution in [3.8, 4) is 0 Å². The second-order valence-electron chi connectivity index (χ2n) is 4.51. The van der Waals surface area contributed by atoms with E-state index in [1.54, 1.807) is 0 Å². The molecule has 1 heterocycles. The minimum atomic E-state index is -0.889. The number of benzene rings is 1. The van der Waals surface area contributed by atoms with Gasteiger partial charge in [-0.15, -0.1) is 0 Å². The number of nitrogens with zero attached hydrogens (tertiary/aromatic N) is 2. The van der Waals surface area contributed by atoms with Crippen LogP contribution in [0.3, 0.4) is 0 Å². The number of carbonyl (C=O) groups excluding carboxylic acids is 1. The molecule has 21 heavy (non-hydrogen) atoms. The highest BCUT2D eigenvalue weighted by Crippen LogP contribution is 2.27. The van der Waals surface area contributed by atoms with Gasteiger partial charge in [-0.05, 0) is 12.5 Å². The van der Waals surface area contributed by atoms with E-state index < -0.39 is 22.3 Å². The lowest BCUT2D eigenvalue weighted by Gasteiger charge is -2.20. The van der Waals surface area contributed by atoms with Crippen LogP contribution in [0, 0.1) is 15.9 Å². The second kappa shape index (κ2) is 6.46. The lowest BCUT2D eigenvalue weighted by atomic mass is 10.1. The third-order valence-corrected chi connectivity index (χ3v) is 3.18. The maximum atomic E-state index is 13.6. The van der Waals surface area contributed by atoms with Gasteiger partial charge in [0.2, 0.25) is 0 Å². The molecule has 1 aromatic carbocycles. The van der Waals surface area contributed by atoms with Crippen molar-refractivity contribution in [2.75, 3.05) is 31.7 Å². The number of ether oxygens (including phenoxy) is 1. The van der Waals surface area contributed by atoms with E-state index in [1.165, 1.54) is 4.90 Å². The molecule has 1 fully saturated rings. The zero-order valence-electron chi connectivity index (χ0n) is 11.2. The van der Waals surface area contributed by atoms with Crippen LogP contribution in [0.1, 0.15) is 16.8 Å². The quantitative estimate of drug-likeness (QED) is 0.487. The van der Waals surface area contributed by atoms with Gasteiger partial charge in [-0.25, -0.2) is 4.39 Å². The summed E-state index contributed by atoms with van der Waals surface area (Å²) >= 11 is 0. The Hall–Kier alpha value is -2.26. The van der Waals surface area contributed by atoms with Gasteiger partial charge in [-0.1, -0.05) is 0 Å². The standard InChI is InChI=1S/C12H15FN4O4/c13-9-7-11(17(19)20)8(6-10(9)15-14)12(18)16-2-1-4-21-5-3-16/h6-7,15H,1-5,14H2. The predicted molar refractivity (Wildman–Crippen MR) is 72.2 cm³/mol. The number of hydrogen-bond donors (Lipinski definition) is 2. The number of hydrazine groups is 1. The second-order valence-corrected chi connectivity index (χ2v) is 4.51. The molecule has 2 rings (SSSR count). The van der Waals surface area contributed by atoms with Crippen molar-refractivity contribution in [2.24, 2.45) is 5.84 Å². The monoisotopic (exact) mass is 298 g/mol. The highest BCUT2D eigenvalue weighted by Gasteiger charge is 2.27. The normalized spacial score (nSPS) is 15.4. The molecule has 1 aromatic rings. The third kappa shape index (κ3) is 3.26. The number of anilines is 1. The van der Waals surface area contributed by atoms with Crippen molar-refractivity contribution in [3.63, 3.8) is 0 Å². The Morgan fingerprint density at radius 3 is 2.86 bits per heavy atom. The molecular formula is C12H15FN4O4. The molecule has 1 amide bonds. The fourth-order valence-electron chi connectivity index (χ4n) is 2.12. The molecule has 1 aliphatic heterocycles. The Balaban J connectivity index is 2.40. The first-order valence-electron chi connectivity index (χ1n) is 6.36. The van der Waals surface area contributed by atoms with Crippen LogP contribution in [-0.4, -0.2) is 42.0 Å². The van der Waals surface area contributed by atoms with Crippen LogP contribution in [0.4, 0.5) is 15.8 Å². The van der Waals surface area contributed by atoms with Crippen LogP contribution in [0.2, 0.25) is 0 Å². The van der Waals surface area contributed by atoms with Crippen LogP contribution < -0.4 is 11.3 Å². The number of nitro benzene ring substituents is 1. The summed E-state index contributed by atoms with van der Waals surface area (Å²) in [6.07, 6.45) is 0.642.